The van der Waals surface area contributed by atoms with Crippen molar-refractivity contribution in [1.29, 1.82) is 0 Å². The first kappa shape index (κ1) is 15.8. The summed E-state index contributed by atoms with van der Waals surface area (Å²) < 4.78 is 5.59. The number of likely N-dealkylation sites (tertiary alicyclic amines) is 1. The zero-order valence-electron chi connectivity index (χ0n) is 13.4. The number of ether oxygens (including phenoxy) is 1. The molecule has 0 aromatic heterocycles. The molecular weight excluding hydrogens is 292 g/mol. The number of carbonyl (C=O) groups excluding carboxylic acids is 2. The van der Waals surface area contributed by atoms with Crippen LogP contribution in [-0.2, 0) is 16.0 Å². The monoisotopic (exact) mass is 316 g/mol. The standard InChI is InChI=1S/C18H24N2O3/c19-18(22)20-10-4-8-14(11-20)17(21)23-12-15-7-3-6-13-5-1-2-9-16(13)15/h1-2,5,9,14-15H,3-4,6-8,10-12H2,(H2,19,22). The molecule has 1 aliphatic carbocycles. The predicted molar refractivity (Wildman–Crippen MR) is 87.0 cm³/mol. The summed E-state index contributed by atoms with van der Waals surface area (Å²) >= 11 is 0. The first-order valence-electron chi connectivity index (χ1n) is 8.44. The summed E-state index contributed by atoms with van der Waals surface area (Å²) in [4.78, 5) is 25.1. The van der Waals surface area contributed by atoms with Crippen LogP contribution in [0.1, 0.15) is 42.7 Å². The molecule has 1 fully saturated rings. The molecule has 0 radical (unpaired) electrons. The van der Waals surface area contributed by atoms with Crippen LogP contribution in [-0.4, -0.2) is 36.6 Å². The van der Waals surface area contributed by atoms with Gasteiger partial charge in [0.15, 0.2) is 0 Å². The lowest BCUT2D eigenvalue weighted by atomic mass is 9.83. The highest BCUT2D eigenvalue weighted by Gasteiger charge is 2.29. The minimum atomic E-state index is -0.455. The summed E-state index contributed by atoms with van der Waals surface area (Å²) in [6.07, 6.45) is 4.87. The third-order valence-electron chi connectivity index (χ3n) is 4.99. The molecule has 2 atom stereocenters. The molecule has 3 rings (SSSR count). The molecule has 0 saturated carbocycles. The highest BCUT2D eigenvalue weighted by Crippen LogP contribution is 2.32. The highest BCUT2D eigenvalue weighted by atomic mass is 16.5. The lowest BCUT2D eigenvalue weighted by Crippen LogP contribution is -2.45. The predicted octanol–water partition coefficient (Wildman–Crippen LogP) is 2.44. The largest absolute Gasteiger partial charge is 0.465 e. The van der Waals surface area contributed by atoms with E-state index in [1.54, 1.807) is 0 Å². The first-order valence-corrected chi connectivity index (χ1v) is 8.44. The van der Waals surface area contributed by atoms with E-state index in [-0.39, 0.29) is 11.9 Å². The molecule has 1 saturated heterocycles. The summed E-state index contributed by atoms with van der Waals surface area (Å²) in [6.45, 7) is 1.45. The van der Waals surface area contributed by atoms with E-state index in [2.05, 4.69) is 18.2 Å². The van der Waals surface area contributed by atoms with E-state index < -0.39 is 6.03 Å². The van der Waals surface area contributed by atoms with E-state index in [0.717, 1.165) is 32.1 Å². The van der Waals surface area contributed by atoms with Crippen molar-refractivity contribution >= 4 is 12.0 Å². The van der Waals surface area contributed by atoms with Gasteiger partial charge < -0.3 is 15.4 Å². The number of amides is 2. The number of aryl methyl sites for hydroxylation is 1. The Kier molecular flexibility index (Phi) is 4.84. The Morgan fingerprint density at radius 2 is 2.04 bits per heavy atom. The van der Waals surface area contributed by atoms with E-state index in [4.69, 9.17) is 10.5 Å². The van der Waals surface area contributed by atoms with Gasteiger partial charge in [0.05, 0.1) is 12.5 Å². The van der Waals surface area contributed by atoms with Crippen LogP contribution in [0.2, 0.25) is 0 Å². The van der Waals surface area contributed by atoms with Gasteiger partial charge in [-0.1, -0.05) is 24.3 Å². The first-order chi connectivity index (χ1) is 11.1. The third kappa shape index (κ3) is 3.66. The fourth-order valence-corrected chi connectivity index (χ4v) is 3.70. The second-order valence-corrected chi connectivity index (χ2v) is 6.54. The maximum atomic E-state index is 12.3. The van der Waals surface area contributed by atoms with Crippen molar-refractivity contribution in [2.75, 3.05) is 19.7 Å². The molecule has 1 aliphatic heterocycles. The van der Waals surface area contributed by atoms with Gasteiger partial charge in [0.25, 0.3) is 0 Å². The molecule has 1 heterocycles. The average Bonchev–Trinajstić information content (AvgIpc) is 2.59. The summed E-state index contributed by atoms with van der Waals surface area (Å²) in [5.41, 5.74) is 7.99. The van der Waals surface area contributed by atoms with Crippen molar-refractivity contribution in [2.45, 2.75) is 38.0 Å². The van der Waals surface area contributed by atoms with Crippen LogP contribution in [0.3, 0.4) is 0 Å². The average molecular weight is 316 g/mol. The van der Waals surface area contributed by atoms with Gasteiger partial charge in [0.2, 0.25) is 0 Å². The van der Waals surface area contributed by atoms with Gasteiger partial charge in [-0.25, -0.2) is 4.79 Å². The van der Waals surface area contributed by atoms with Crippen molar-refractivity contribution in [3.63, 3.8) is 0 Å². The molecule has 0 spiro atoms. The van der Waals surface area contributed by atoms with Crippen LogP contribution >= 0.6 is 0 Å². The van der Waals surface area contributed by atoms with Crippen molar-refractivity contribution in [1.82, 2.24) is 4.90 Å². The number of benzene rings is 1. The van der Waals surface area contributed by atoms with Gasteiger partial charge in [-0.2, -0.15) is 0 Å². The van der Waals surface area contributed by atoms with Crippen LogP contribution in [0.25, 0.3) is 0 Å². The third-order valence-corrected chi connectivity index (χ3v) is 4.99. The molecule has 1 aromatic carbocycles. The van der Waals surface area contributed by atoms with Crippen LogP contribution in [0, 0.1) is 5.92 Å². The number of fused-ring (bicyclic) bond motifs is 1. The van der Waals surface area contributed by atoms with Gasteiger partial charge in [-0.3, -0.25) is 4.79 Å². The Morgan fingerprint density at radius 3 is 2.87 bits per heavy atom. The number of piperidine rings is 1. The van der Waals surface area contributed by atoms with E-state index in [1.807, 2.05) is 6.07 Å². The molecule has 2 aliphatic rings. The summed E-state index contributed by atoms with van der Waals surface area (Å²) in [5, 5.41) is 0. The Morgan fingerprint density at radius 1 is 1.22 bits per heavy atom. The van der Waals surface area contributed by atoms with Crippen molar-refractivity contribution < 1.29 is 14.3 Å². The van der Waals surface area contributed by atoms with Gasteiger partial charge in [0, 0.05) is 19.0 Å². The van der Waals surface area contributed by atoms with E-state index in [0.29, 0.717) is 25.6 Å². The molecule has 23 heavy (non-hydrogen) atoms. The van der Waals surface area contributed by atoms with Crippen LogP contribution < -0.4 is 5.73 Å². The second kappa shape index (κ2) is 7.02. The summed E-state index contributed by atoms with van der Waals surface area (Å²) in [5.74, 6) is -0.145. The molecule has 2 unspecified atom stereocenters. The number of hydrogen-bond acceptors (Lipinski definition) is 3. The van der Waals surface area contributed by atoms with Crippen LogP contribution in [0.5, 0.6) is 0 Å². The normalized spacial score (nSPS) is 23.9. The van der Waals surface area contributed by atoms with Crippen LogP contribution in [0.15, 0.2) is 24.3 Å². The maximum Gasteiger partial charge on any atom is 0.314 e. The van der Waals surface area contributed by atoms with E-state index in [9.17, 15) is 9.59 Å². The fourth-order valence-electron chi connectivity index (χ4n) is 3.70. The fraction of sp³-hybridized carbons (Fsp3) is 0.556. The van der Waals surface area contributed by atoms with Gasteiger partial charge in [-0.15, -0.1) is 0 Å². The maximum absolute atomic E-state index is 12.3. The minimum Gasteiger partial charge on any atom is -0.465 e. The molecule has 5 heteroatoms. The number of rotatable bonds is 3. The summed E-state index contributed by atoms with van der Waals surface area (Å²) in [6, 6.07) is 7.96. The molecule has 0 bridgehead atoms. The Balaban J connectivity index is 1.56. The molecule has 124 valence electrons. The zero-order valence-corrected chi connectivity index (χ0v) is 13.4. The molecule has 2 N–H and O–H groups in total. The van der Waals surface area contributed by atoms with E-state index >= 15 is 0 Å². The highest BCUT2D eigenvalue weighted by molar-refractivity contribution is 5.76. The Labute approximate surface area is 136 Å². The topological polar surface area (TPSA) is 72.6 Å². The number of urea groups is 1. The smallest absolute Gasteiger partial charge is 0.314 e. The number of esters is 1. The molecule has 2 amide bonds. The van der Waals surface area contributed by atoms with Crippen molar-refractivity contribution in [2.24, 2.45) is 11.7 Å². The number of hydrogen-bond donors (Lipinski definition) is 1. The van der Waals surface area contributed by atoms with E-state index in [1.165, 1.54) is 16.0 Å². The quantitative estimate of drug-likeness (QED) is 0.871. The van der Waals surface area contributed by atoms with Crippen LogP contribution in [0.4, 0.5) is 4.79 Å². The second-order valence-electron chi connectivity index (χ2n) is 6.54. The number of nitrogens with zero attached hydrogens (tertiary/aromatic N) is 1. The SMILES string of the molecule is NC(=O)N1CCCC(C(=O)OCC2CCCc3ccccc32)C1. The molecular formula is C18H24N2O3. The number of primary amides is 1. The lowest BCUT2D eigenvalue weighted by molar-refractivity contribution is -0.150. The lowest BCUT2D eigenvalue weighted by Gasteiger charge is -2.31. The summed E-state index contributed by atoms with van der Waals surface area (Å²) in [7, 11) is 0. The van der Waals surface area contributed by atoms with Gasteiger partial charge >= 0.3 is 12.0 Å². The molecule has 5 nitrogen and oxygen atoms in total. The number of nitrogens with two attached hydrogens (primary N) is 1. The minimum absolute atomic E-state index is 0.195. The van der Waals surface area contributed by atoms with Crippen molar-refractivity contribution in [3.05, 3.63) is 35.4 Å². The van der Waals surface area contributed by atoms with Gasteiger partial charge in [-0.05, 0) is 43.2 Å². The molecule has 1 aromatic rings. The Bertz CT molecular complexity index is 587. The number of carbonyl (C=O) groups is 2. The Hall–Kier alpha value is -2.04. The zero-order chi connectivity index (χ0) is 16.2. The van der Waals surface area contributed by atoms with Gasteiger partial charge in [0.1, 0.15) is 0 Å². The van der Waals surface area contributed by atoms with Crippen molar-refractivity contribution in [3.8, 4) is 0 Å².